The molecule has 1 aromatic heterocycles. The van der Waals surface area contributed by atoms with E-state index in [9.17, 15) is 4.57 Å². The van der Waals surface area contributed by atoms with Crippen molar-refractivity contribution in [1.29, 1.82) is 0 Å². The molecule has 2 fully saturated rings. The topological polar surface area (TPSA) is 91.8 Å². The molecular formula is C28H33ClFN6O3P. The van der Waals surface area contributed by atoms with Gasteiger partial charge < -0.3 is 29.6 Å². The Morgan fingerprint density at radius 1 is 1.10 bits per heavy atom. The smallest absolute Gasteiger partial charge is 0.229 e. The lowest BCUT2D eigenvalue weighted by Gasteiger charge is -2.48. The van der Waals surface area contributed by atoms with Gasteiger partial charge in [0.1, 0.15) is 30.2 Å². The van der Waals surface area contributed by atoms with E-state index >= 15 is 4.39 Å². The van der Waals surface area contributed by atoms with E-state index in [0.717, 1.165) is 45.7 Å². The Morgan fingerprint density at radius 3 is 2.70 bits per heavy atom. The normalized spacial score (nSPS) is 19.9. The van der Waals surface area contributed by atoms with Gasteiger partial charge in [0.05, 0.1) is 17.9 Å². The van der Waals surface area contributed by atoms with Gasteiger partial charge >= 0.3 is 0 Å². The van der Waals surface area contributed by atoms with E-state index in [2.05, 4.69) is 30.4 Å². The lowest BCUT2D eigenvalue weighted by Crippen LogP contribution is -2.60. The van der Waals surface area contributed by atoms with Crippen LogP contribution in [0.2, 0.25) is 5.02 Å². The summed E-state index contributed by atoms with van der Waals surface area (Å²) in [7, 11) is -2.54. The minimum atomic E-state index is -2.54. The molecule has 0 aliphatic carbocycles. The lowest BCUT2D eigenvalue weighted by molar-refractivity contribution is 0.0230. The first-order valence-electron chi connectivity index (χ1n) is 13.5. The molecule has 40 heavy (non-hydrogen) atoms. The first-order chi connectivity index (χ1) is 19.3. The van der Waals surface area contributed by atoms with E-state index in [1.54, 1.807) is 19.4 Å². The minimum absolute atomic E-state index is 0.107. The van der Waals surface area contributed by atoms with Crippen LogP contribution in [0.4, 0.5) is 33.2 Å². The van der Waals surface area contributed by atoms with Gasteiger partial charge in [-0.25, -0.2) is 9.37 Å². The van der Waals surface area contributed by atoms with E-state index in [4.69, 9.17) is 21.1 Å². The van der Waals surface area contributed by atoms with Gasteiger partial charge in [0, 0.05) is 55.9 Å². The van der Waals surface area contributed by atoms with Crippen molar-refractivity contribution < 1.29 is 18.4 Å². The number of nitrogens with zero attached hydrogens (tertiary/aromatic N) is 4. The maximum absolute atomic E-state index is 15.6. The highest BCUT2D eigenvalue weighted by molar-refractivity contribution is 7.70. The monoisotopic (exact) mass is 586 g/mol. The molecule has 2 aromatic carbocycles. The SMILES string of the molecule is CP(C)(=O)c1ccccc1Nc1nc(Nc2cc(F)c3c(c2)OC[C@H]2CN(C4CCOCC4)CCN32)ncc1Cl. The molecule has 0 radical (unpaired) electrons. The standard InChI is InChI=1S/C28H33ClFN6O3P/c1-40(2,37)25-6-4-3-5-23(25)33-27-21(29)15-31-28(34-27)32-18-13-22(30)26-24(14-18)39-17-20-16-35(9-10-36(20)26)19-7-11-38-12-8-19/h3-6,13-15,19-20H,7-12,16-17H2,1-2H3,(H2,31,32,33,34)/t20-/m1/s1. The van der Waals surface area contributed by atoms with Crippen LogP contribution in [0.25, 0.3) is 0 Å². The van der Waals surface area contributed by atoms with Gasteiger partial charge in [-0.15, -0.1) is 0 Å². The predicted molar refractivity (Wildman–Crippen MR) is 158 cm³/mol. The maximum Gasteiger partial charge on any atom is 0.229 e. The van der Waals surface area contributed by atoms with Gasteiger partial charge in [0.15, 0.2) is 11.6 Å². The van der Waals surface area contributed by atoms with E-state index < -0.39 is 7.14 Å². The molecule has 0 unspecified atom stereocenters. The van der Waals surface area contributed by atoms with E-state index in [1.165, 1.54) is 12.3 Å². The third-order valence-electron chi connectivity index (χ3n) is 7.71. The van der Waals surface area contributed by atoms with Gasteiger partial charge in [-0.05, 0) is 44.4 Å². The Hall–Kier alpha value is -2.91. The van der Waals surface area contributed by atoms with Gasteiger partial charge in [0.25, 0.3) is 0 Å². The van der Waals surface area contributed by atoms with Gasteiger partial charge in [-0.1, -0.05) is 23.7 Å². The zero-order chi connectivity index (χ0) is 27.9. The number of nitrogens with one attached hydrogen (secondary N) is 2. The molecule has 0 spiro atoms. The fourth-order valence-corrected chi connectivity index (χ4v) is 7.03. The Labute approximate surface area is 238 Å². The summed E-state index contributed by atoms with van der Waals surface area (Å²) in [6.07, 6.45) is 3.55. The van der Waals surface area contributed by atoms with Crippen molar-refractivity contribution in [3.8, 4) is 5.75 Å². The Kier molecular flexibility index (Phi) is 7.61. The molecule has 2 saturated heterocycles. The Bertz CT molecular complexity index is 1450. The number of halogens is 2. The van der Waals surface area contributed by atoms with Crippen molar-refractivity contribution >= 4 is 52.9 Å². The van der Waals surface area contributed by atoms with Crippen LogP contribution in [0.1, 0.15) is 12.8 Å². The number of para-hydroxylation sites is 1. The number of aromatic nitrogens is 2. The van der Waals surface area contributed by atoms with Crippen LogP contribution in [0.3, 0.4) is 0 Å². The molecule has 6 rings (SSSR count). The van der Waals surface area contributed by atoms with Crippen molar-refractivity contribution in [3.05, 3.63) is 53.4 Å². The Morgan fingerprint density at radius 2 is 1.90 bits per heavy atom. The zero-order valence-corrected chi connectivity index (χ0v) is 24.2. The second-order valence-electron chi connectivity index (χ2n) is 10.8. The summed E-state index contributed by atoms with van der Waals surface area (Å²) in [5.41, 5.74) is 1.63. The molecule has 12 heteroatoms. The zero-order valence-electron chi connectivity index (χ0n) is 22.6. The molecule has 0 amide bonds. The number of piperazine rings is 1. The number of ether oxygens (including phenoxy) is 2. The largest absolute Gasteiger partial charge is 0.489 e. The molecule has 3 aromatic rings. The van der Waals surface area contributed by atoms with Crippen molar-refractivity contribution in [2.75, 3.05) is 68.3 Å². The third-order valence-corrected chi connectivity index (χ3v) is 9.53. The highest BCUT2D eigenvalue weighted by atomic mass is 35.5. The molecule has 0 bridgehead atoms. The minimum Gasteiger partial charge on any atom is -0.489 e. The number of benzene rings is 2. The fourth-order valence-electron chi connectivity index (χ4n) is 5.74. The molecule has 212 valence electrons. The number of hydrogen-bond acceptors (Lipinski definition) is 9. The first kappa shape index (κ1) is 27.3. The van der Waals surface area contributed by atoms with Gasteiger partial charge in [0.2, 0.25) is 5.95 Å². The number of fused-ring (bicyclic) bond motifs is 3. The number of anilines is 5. The van der Waals surface area contributed by atoms with Crippen molar-refractivity contribution in [3.63, 3.8) is 0 Å². The summed E-state index contributed by atoms with van der Waals surface area (Å²) in [6, 6.07) is 11.2. The summed E-state index contributed by atoms with van der Waals surface area (Å²) < 4.78 is 39.9. The van der Waals surface area contributed by atoms with Crippen molar-refractivity contribution in [1.82, 2.24) is 14.9 Å². The van der Waals surface area contributed by atoms with Crippen molar-refractivity contribution in [2.24, 2.45) is 0 Å². The Balaban J connectivity index is 1.19. The molecule has 2 N–H and O–H groups in total. The van der Waals surface area contributed by atoms with E-state index in [0.29, 0.717) is 51.6 Å². The van der Waals surface area contributed by atoms with Crippen LogP contribution in [-0.4, -0.2) is 79.7 Å². The van der Waals surface area contributed by atoms with Gasteiger partial charge in [-0.2, -0.15) is 4.98 Å². The average Bonchev–Trinajstić information content (AvgIpc) is 2.94. The van der Waals surface area contributed by atoms with Crippen LogP contribution in [-0.2, 0) is 9.30 Å². The number of hydrogen-bond donors (Lipinski definition) is 2. The molecular weight excluding hydrogens is 554 g/mol. The predicted octanol–water partition coefficient (Wildman–Crippen LogP) is 5.07. The van der Waals surface area contributed by atoms with Crippen LogP contribution >= 0.6 is 18.7 Å². The second kappa shape index (κ2) is 11.2. The maximum atomic E-state index is 15.6. The summed E-state index contributed by atoms with van der Waals surface area (Å²) in [4.78, 5) is 13.4. The third kappa shape index (κ3) is 5.63. The molecule has 9 nitrogen and oxygen atoms in total. The van der Waals surface area contributed by atoms with Gasteiger partial charge in [-0.3, -0.25) is 4.90 Å². The van der Waals surface area contributed by atoms with Crippen LogP contribution in [0, 0.1) is 5.82 Å². The van der Waals surface area contributed by atoms with Crippen molar-refractivity contribution in [2.45, 2.75) is 24.9 Å². The van der Waals surface area contributed by atoms with Crippen LogP contribution < -0.4 is 25.6 Å². The summed E-state index contributed by atoms with van der Waals surface area (Å²) >= 11 is 6.38. The number of rotatable bonds is 6. The molecule has 0 saturated carbocycles. The molecule has 1 atom stereocenters. The lowest BCUT2D eigenvalue weighted by atomic mass is 10.0. The summed E-state index contributed by atoms with van der Waals surface area (Å²) in [5, 5.41) is 7.26. The molecule has 3 aliphatic rings. The quantitative estimate of drug-likeness (QED) is 0.384. The summed E-state index contributed by atoms with van der Waals surface area (Å²) in [6.45, 7) is 8.03. The first-order valence-corrected chi connectivity index (χ1v) is 16.5. The van der Waals surface area contributed by atoms with Crippen LogP contribution in [0.5, 0.6) is 5.75 Å². The average molecular weight is 587 g/mol. The summed E-state index contributed by atoms with van der Waals surface area (Å²) in [5.74, 6) is 0.729. The second-order valence-corrected chi connectivity index (χ2v) is 14.4. The fraction of sp³-hybridized carbons (Fsp3) is 0.429. The van der Waals surface area contributed by atoms with Crippen LogP contribution in [0.15, 0.2) is 42.6 Å². The van der Waals surface area contributed by atoms with E-state index in [-0.39, 0.29) is 17.8 Å². The highest BCUT2D eigenvalue weighted by Gasteiger charge is 2.37. The molecule has 4 heterocycles. The van der Waals surface area contributed by atoms with E-state index in [1.807, 2.05) is 24.3 Å². The molecule has 3 aliphatic heterocycles. The highest BCUT2D eigenvalue weighted by Crippen LogP contribution is 2.41.